The van der Waals surface area contributed by atoms with Crippen LogP contribution in [-0.2, 0) is 47.0 Å². The summed E-state index contributed by atoms with van der Waals surface area (Å²) in [4.78, 5) is 22.9. The van der Waals surface area contributed by atoms with E-state index in [1.807, 2.05) is 0 Å². The fourth-order valence-corrected chi connectivity index (χ4v) is 2.21. The van der Waals surface area contributed by atoms with Gasteiger partial charge in [0.25, 0.3) is 0 Å². The van der Waals surface area contributed by atoms with Crippen molar-refractivity contribution < 1.29 is 47.0 Å². The number of carbonyl (C=O) groups is 2. The Hall–Kier alpha value is 0.0739. The van der Waals surface area contributed by atoms with Crippen molar-refractivity contribution in [2.45, 2.75) is 25.4 Å². The molecule has 1 saturated carbocycles. The monoisotopic (exact) mass is 301 g/mol. The Morgan fingerprint density at radius 1 is 1.31 bits per heavy atom. The van der Waals surface area contributed by atoms with E-state index in [0.29, 0.717) is 12.8 Å². The summed E-state index contributed by atoms with van der Waals surface area (Å²) >= 11 is 0. The largest absolute Gasteiger partial charge is 0.381 e. The van der Waals surface area contributed by atoms with Gasteiger partial charge in [-0.05, 0) is 19.3 Å². The third-order valence-electron chi connectivity index (χ3n) is 3.13. The van der Waals surface area contributed by atoms with Crippen LogP contribution in [0.4, 0.5) is 0 Å². The van der Waals surface area contributed by atoms with E-state index in [0.717, 1.165) is 6.42 Å². The maximum absolute atomic E-state index is 11.6. The molecule has 1 N–H and O–H groups in total. The van der Waals surface area contributed by atoms with Crippen LogP contribution < -0.4 is 5.32 Å². The average Bonchev–Trinajstić information content (AvgIpc) is 2.26. The topological polar surface area (TPSA) is 55.4 Å². The smallest absolute Gasteiger partial charge is 0.223 e. The van der Waals surface area contributed by atoms with Crippen LogP contribution in [0.2, 0.25) is 0 Å². The minimum atomic E-state index is -0.279. The molecule has 2 unspecified atom stereocenters. The zero-order valence-corrected chi connectivity index (χ0v) is 12.7. The van der Waals surface area contributed by atoms with Crippen LogP contribution in [0.25, 0.3) is 0 Å². The minimum Gasteiger partial charge on any atom is -0.381 e. The molecule has 5 heteroatoms. The molecule has 0 heterocycles. The maximum atomic E-state index is 11.6. The molecule has 0 aromatic heterocycles. The molecule has 0 saturated heterocycles. The summed E-state index contributed by atoms with van der Waals surface area (Å²) in [5.74, 6) is -0.744. The van der Waals surface area contributed by atoms with E-state index in [-0.39, 0.29) is 62.3 Å². The molecule has 1 aliphatic rings. The van der Waals surface area contributed by atoms with Crippen molar-refractivity contribution in [1.82, 2.24) is 5.32 Å². The van der Waals surface area contributed by atoms with Gasteiger partial charge >= 0.3 is 0 Å². The third-order valence-corrected chi connectivity index (χ3v) is 3.13. The summed E-state index contributed by atoms with van der Waals surface area (Å²) in [5.41, 5.74) is 0. The SMILES string of the molecule is [CH2-]C(=O)[C@H]1CCC(OC)CC1C(=O)NC.[Y]. The Morgan fingerprint density at radius 3 is 2.38 bits per heavy atom. The van der Waals surface area contributed by atoms with E-state index in [4.69, 9.17) is 4.74 Å². The van der Waals surface area contributed by atoms with Crippen molar-refractivity contribution in [2.75, 3.05) is 14.2 Å². The fraction of sp³-hybridized carbons (Fsp3) is 0.727. The summed E-state index contributed by atoms with van der Waals surface area (Å²) in [5, 5.41) is 2.59. The number of carbonyl (C=O) groups excluding carboxylic acids is 2. The maximum Gasteiger partial charge on any atom is 0.223 e. The van der Waals surface area contributed by atoms with Crippen LogP contribution in [0.3, 0.4) is 0 Å². The van der Waals surface area contributed by atoms with Crippen molar-refractivity contribution in [1.29, 1.82) is 0 Å². The van der Waals surface area contributed by atoms with E-state index in [1.54, 1.807) is 14.2 Å². The number of hydrogen-bond donors (Lipinski definition) is 1. The zero-order valence-electron chi connectivity index (χ0n) is 9.86. The molecule has 0 bridgehead atoms. The quantitative estimate of drug-likeness (QED) is 0.775. The van der Waals surface area contributed by atoms with Crippen molar-refractivity contribution >= 4 is 11.7 Å². The normalized spacial score (nSPS) is 29.0. The van der Waals surface area contributed by atoms with Gasteiger partial charge in [-0.1, -0.05) is 0 Å². The molecule has 1 aliphatic carbocycles. The van der Waals surface area contributed by atoms with Crippen molar-refractivity contribution in [3.8, 4) is 0 Å². The van der Waals surface area contributed by atoms with Crippen molar-refractivity contribution in [2.24, 2.45) is 11.8 Å². The number of Topliss-reactive ketones (excluding diaryl/α,β-unsaturated/α-hetero) is 1. The predicted molar refractivity (Wildman–Crippen MR) is 56.1 cm³/mol. The summed E-state index contributed by atoms with van der Waals surface area (Å²) in [6.45, 7) is 3.42. The van der Waals surface area contributed by atoms with E-state index in [1.165, 1.54) is 0 Å². The number of rotatable bonds is 3. The van der Waals surface area contributed by atoms with Gasteiger partial charge in [-0.3, -0.25) is 4.79 Å². The van der Waals surface area contributed by atoms with Gasteiger partial charge in [-0.2, -0.15) is 0 Å². The van der Waals surface area contributed by atoms with Gasteiger partial charge in [-0.15, -0.1) is 0 Å². The van der Waals surface area contributed by atoms with Crippen LogP contribution in [-0.4, -0.2) is 32.0 Å². The van der Waals surface area contributed by atoms with E-state index >= 15 is 0 Å². The molecule has 1 fully saturated rings. The molecule has 1 amide bonds. The molecule has 1 radical (unpaired) electrons. The molecular weight excluding hydrogens is 283 g/mol. The van der Waals surface area contributed by atoms with Crippen LogP contribution in [0, 0.1) is 18.8 Å². The van der Waals surface area contributed by atoms with Gasteiger partial charge in [-0.25, -0.2) is 0 Å². The summed E-state index contributed by atoms with van der Waals surface area (Å²) < 4.78 is 5.23. The third kappa shape index (κ3) is 3.83. The molecule has 4 nitrogen and oxygen atoms in total. The molecule has 89 valence electrons. The number of amides is 1. The number of methoxy groups -OCH3 is 1. The van der Waals surface area contributed by atoms with Crippen molar-refractivity contribution in [3.05, 3.63) is 6.92 Å². The molecule has 16 heavy (non-hydrogen) atoms. The van der Waals surface area contributed by atoms with E-state index in [9.17, 15) is 9.59 Å². The molecule has 0 aliphatic heterocycles. The van der Waals surface area contributed by atoms with Crippen LogP contribution in [0.5, 0.6) is 0 Å². The second-order valence-corrected chi connectivity index (χ2v) is 3.96. The van der Waals surface area contributed by atoms with Gasteiger partial charge in [0.15, 0.2) is 0 Å². The van der Waals surface area contributed by atoms with Crippen LogP contribution in [0.1, 0.15) is 19.3 Å². The number of nitrogens with one attached hydrogen (secondary N) is 1. The molecular formula is C11H18NO3Y-. The van der Waals surface area contributed by atoms with Crippen molar-refractivity contribution in [3.63, 3.8) is 0 Å². The average molecular weight is 301 g/mol. The number of hydrogen-bond acceptors (Lipinski definition) is 3. The van der Waals surface area contributed by atoms with Gasteiger partial charge in [0.05, 0.1) is 6.10 Å². The molecule has 0 aromatic rings. The Morgan fingerprint density at radius 2 is 1.94 bits per heavy atom. The van der Waals surface area contributed by atoms with E-state index in [2.05, 4.69) is 12.2 Å². The first-order valence-corrected chi connectivity index (χ1v) is 5.20. The molecule has 3 atom stereocenters. The second kappa shape index (κ2) is 7.41. The zero-order chi connectivity index (χ0) is 11.4. The van der Waals surface area contributed by atoms with Gasteiger partial charge in [0, 0.05) is 64.5 Å². The molecule has 0 aromatic carbocycles. The number of ether oxygens (including phenoxy) is 1. The molecule has 0 spiro atoms. The Bertz CT molecular complexity index is 258. The fourth-order valence-electron chi connectivity index (χ4n) is 2.21. The first-order valence-electron chi connectivity index (χ1n) is 5.20. The first-order chi connectivity index (χ1) is 7.10. The van der Waals surface area contributed by atoms with Gasteiger partial charge in [0.1, 0.15) is 0 Å². The van der Waals surface area contributed by atoms with E-state index < -0.39 is 0 Å². The summed E-state index contributed by atoms with van der Waals surface area (Å²) in [7, 11) is 3.22. The van der Waals surface area contributed by atoms with Crippen LogP contribution >= 0.6 is 0 Å². The minimum absolute atomic E-state index is 0. The Balaban J connectivity index is 0.00000225. The van der Waals surface area contributed by atoms with Gasteiger partial charge < -0.3 is 21.8 Å². The van der Waals surface area contributed by atoms with Gasteiger partial charge in [0.2, 0.25) is 5.91 Å². The first kappa shape index (κ1) is 16.1. The molecule has 1 rings (SSSR count). The van der Waals surface area contributed by atoms with Crippen LogP contribution in [0.15, 0.2) is 0 Å². The Labute approximate surface area is 122 Å². The second-order valence-electron chi connectivity index (χ2n) is 3.96. The predicted octanol–water partition coefficient (Wildman–Crippen LogP) is 0.564. The Kier molecular flexibility index (Phi) is 7.44. The standard InChI is InChI=1S/C11H18NO3.Y/c1-7(13)9-5-4-8(15-3)6-10(9)11(14)12-2;/h8-10H,1,4-6H2,2-3H3,(H,12,14);/q-1;/t8?,9-,10?;/m1./s1. The summed E-state index contributed by atoms with van der Waals surface area (Å²) in [6, 6.07) is 0. The summed E-state index contributed by atoms with van der Waals surface area (Å²) in [6.07, 6.45) is 2.22. The number of ketones is 1.